The lowest BCUT2D eigenvalue weighted by atomic mass is 10.0. The lowest BCUT2D eigenvalue weighted by molar-refractivity contribution is 0.302. The molecule has 1 aliphatic heterocycles. The lowest BCUT2D eigenvalue weighted by Gasteiger charge is -2.28. The van der Waals surface area contributed by atoms with Gasteiger partial charge in [0.15, 0.2) is 5.11 Å². The van der Waals surface area contributed by atoms with E-state index in [0.29, 0.717) is 11.7 Å². The molecule has 0 bridgehead atoms. The number of rotatable bonds is 5. The molecule has 0 unspecified atom stereocenters. The maximum atomic E-state index is 5.77. The normalized spacial score (nSPS) is 18.4. The summed E-state index contributed by atoms with van der Waals surface area (Å²) >= 11 is 5.77. The number of hydrogen-bond donors (Lipinski definition) is 1. The van der Waals surface area contributed by atoms with Gasteiger partial charge in [0.05, 0.1) is 17.8 Å². The first-order chi connectivity index (χ1) is 14.8. The fourth-order valence-corrected chi connectivity index (χ4v) is 4.23. The van der Waals surface area contributed by atoms with Crippen molar-refractivity contribution in [1.29, 1.82) is 0 Å². The molecule has 6 nitrogen and oxygen atoms in total. The van der Waals surface area contributed by atoms with Crippen LogP contribution in [0, 0.1) is 0 Å². The number of thiocarbonyl (C=S) groups is 1. The molecule has 4 aromatic rings. The van der Waals surface area contributed by atoms with Crippen molar-refractivity contribution in [2.24, 2.45) is 0 Å². The van der Waals surface area contributed by atoms with Crippen LogP contribution in [0.25, 0.3) is 5.82 Å². The van der Waals surface area contributed by atoms with Gasteiger partial charge in [-0.2, -0.15) is 0 Å². The van der Waals surface area contributed by atoms with Gasteiger partial charge in [-0.25, -0.2) is 4.98 Å². The molecule has 7 heteroatoms. The number of hydrogen-bond acceptors (Lipinski definition) is 4. The molecule has 0 amide bonds. The topological polar surface area (TPSA) is 58.9 Å². The van der Waals surface area contributed by atoms with Gasteiger partial charge in [-0.3, -0.25) is 9.97 Å². The maximum Gasteiger partial charge on any atom is 0.170 e. The highest BCUT2D eigenvalue weighted by Crippen LogP contribution is 2.40. The summed E-state index contributed by atoms with van der Waals surface area (Å²) in [6.45, 7) is 0.654. The minimum absolute atomic E-state index is 0.0513. The Kier molecular flexibility index (Phi) is 4.94. The van der Waals surface area contributed by atoms with E-state index in [0.717, 1.165) is 22.8 Å². The Labute approximate surface area is 180 Å². The lowest BCUT2D eigenvalue weighted by Crippen LogP contribution is -2.30. The molecule has 4 aromatic heterocycles. The molecule has 1 aliphatic rings. The number of aromatic nitrogens is 4. The highest BCUT2D eigenvalue weighted by Gasteiger charge is 2.41. The molecule has 0 saturated carbocycles. The van der Waals surface area contributed by atoms with Crippen molar-refractivity contribution >= 4 is 17.3 Å². The Morgan fingerprint density at radius 3 is 2.50 bits per heavy atom. The zero-order valence-corrected chi connectivity index (χ0v) is 17.0. The summed E-state index contributed by atoms with van der Waals surface area (Å²) < 4.78 is 2.12. The van der Waals surface area contributed by atoms with E-state index in [-0.39, 0.29) is 12.1 Å². The molecule has 5 rings (SSSR count). The highest BCUT2D eigenvalue weighted by molar-refractivity contribution is 7.80. The Hall–Kier alpha value is -3.58. The summed E-state index contributed by atoms with van der Waals surface area (Å²) in [5.41, 5.74) is 3.15. The van der Waals surface area contributed by atoms with E-state index >= 15 is 0 Å². The van der Waals surface area contributed by atoms with Crippen molar-refractivity contribution in [2.45, 2.75) is 18.6 Å². The van der Waals surface area contributed by atoms with Crippen LogP contribution in [0.1, 0.15) is 29.0 Å². The van der Waals surface area contributed by atoms with Gasteiger partial charge in [-0.1, -0.05) is 18.2 Å². The van der Waals surface area contributed by atoms with Crippen LogP contribution in [0.4, 0.5) is 0 Å². The van der Waals surface area contributed by atoms with Crippen molar-refractivity contribution in [3.05, 3.63) is 109 Å². The quantitative estimate of drug-likeness (QED) is 0.503. The second-order valence-electron chi connectivity index (χ2n) is 7.11. The fraction of sp³-hybridized carbons (Fsp3) is 0.130. The van der Waals surface area contributed by atoms with E-state index in [1.54, 1.807) is 12.4 Å². The average Bonchev–Trinajstić information content (AvgIpc) is 3.40. The van der Waals surface area contributed by atoms with Crippen LogP contribution in [0.3, 0.4) is 0 Å². The van der Waals surface area contributed by atoms with E-state index in [1.165, 1.54) is 0 Å². The Bertz CT molecular complexity index is 1130. The van der Waals surface area contributed by atoms with Crippen LogP contribution in [0.15, 0.2) is 91.6 Å². The third kappa shape index (κ3) is 3.44. The molecular weight excluding hydrogens is 392 g/mol. The first-order valence-corrected chi connectivity index (χ1v) is 10.2. The van der Waals surface area contributed by atoms with Gasteiger partial charge < -0.3 is 14.8 Å². The van der Waals surface area contributed by atoms with Gasteiger partial charge in [0, 0.05) is 43.2 Å². The van der Waals surface area contributed by atoms with Gasteiger partial charge in [-0.15, -0.1) is 0 Å². The van der Waals surface area contributed by atoms with E-state index < -0.39 is 0 Å². The molecule has 0 radical (unpaired) electrons. The molecule has 1 saturated heterocycles. The summed E-state index contributed by atoms with van der Waals surface area (Å²) in [7, 11) is 0. The highest BCUT2D eigenvalue weighted by atomic mass is 32.1. The van der Waals surface area contributed by atoms with Crippen LogP contribution >= 0.6 is 12.2 Å². The molecule has 1 N–H and O–H groups in total. The first-order valence-electron chi connectivity index (χ1n) is 9.77. The largest absolute Gasteiger partial charge is 0.352 e. The zero-order chi connectivity index (χ0) is 20.3. The monoisotopic (exact) mass is 412 g/mol. The van der Waals surface area contributed by atoms with Crippen LogP contribution in [-0.2, 0) is 6.54 Å². The van der Waals surface area contributed by atoms with Crippen LogP contribution in [0.5, 0.6) is 0 Å². The summed E-state index contributed by atoms with van der Waals surface area (Å²) in [4.78, 5) is 15.6. The summed E-state index contributed by atoms with van der Waals surface area (Å²) in [5.74, 6) is 0.872. The zero-order valence-electron chi connectivity index (χ0n) is 16.2. The minimum atomic E-state index is -0.0762. The fourth-order valence-electron chi connectivity index (χ4n) is 3.93. The average molecular weight is 413 g/mol. The second-order valence-corrected chi connectivity index (χ2v) is 7.49. The number of nitrogens with zero attached hydrogens (tertiary/aromatic N) is 5. The molecule has 0 aliphatic carbocycles. The standard InChI is InChI=1S/C23H20N6S/c30-23-27-21(18-8-1-3-12-25-18)22(29(23)16-17-7-5-11-24-15-17)19-9-6-14-28(19)20-10-2-4-13-26-20/h1-15,21-22H,16H2,(H,27,30)/t21-,22-/m0/s1. The van der Waals surface area contributed by atoms with Gasteiger partial charge in [0.1, 0.15) is 5.82 Å². The smallest absolute Gasteiger partial charge is 0.170 e. The minimum Gasteiger partial charge on any atom is -0.352 e. The molecule has 2 atom stereocenters. The Morgan fingerprint density at radius 2 is 1.77 bits per heavy atom. The number of nitrogens with one attached hydrogen (secondary N) is 1. The SMILES string of the molecule is S=C1N[C@@H](c2ccccn2)[C@H](c2cccn2-c2ccccn2)N1Cc1cccnc1. The van der Waals surface area contributed by atoms with Gasteiger partial charge in [0.2, 0.25) is 0 Å². The third-order valence-electron chi connectivity index (χ3n) is 5.25. The summed E-state index contributed by atoms with van der Waals surface area (Å²) in [5, 5.41) is 4.20. The van der Waals surface area contributed by atoms with Gasteiger partial charge in [-0.05, 0) is 60.2 Å². The maximum absolute atomic E-state index is 5.77. The summed E-state index contributed by atoms with van der Waals surface area (Å²) in [6.07, 6.45) is 9.33. The van der Waals surface area contributed by atoms with Gasteiger partial charge >= 0.3 is 0 Å². The van der Waals surface area contributed by atoms with Crippen molar-refractivity contribution in [1.82, 2.24) is 29.7 Å². The predicted octanol–water partition coefficient (Wildman–Crippen LogP) is 3.84. The van der Waals surface area contributed by atoms with Crippen LogP contribution in [-0.4, -0.2) is 29.5 Å². The molecule has 0 spiro atoms. The van der Waals surface area contributed by atoms with E-state index in [2.05, 4.69) is 41.9 Å². The third-order valence-corrected chi connectivity index (χ3v) is 5.61. The predicted molar refractivity (Wildman–Crippen MR) is 119 cm³/mol. The Morgan fingerprint density at radius 1 is 0.900 bits per heavy atom. The molecule has 0 aromatic carbocycles. The van der Waals surface area contributed by atoms with E-state index in [4.69, 9.17) is 12.2 Å². The molecule has 5 heterocycles. The van der Waals surface area contributed by atoms with Crippen molar-refractivity contribution < 1.29 is 0 Å². The second kappa shape index (κ2) is 8.04. The summed E-state index contributed by atoms with van der Waals surface area (Å²) in [6, 6.07) is 19.9. The molecular formula is C23H20N6S. The molecule has 148 valence electrons. The van der Waals surface area contributed by atoms with Crippen molar-refractivity contribution in [3.63, 3.8) is 0 Å². The van der Waals surface area contributed by atoms with E-state index in [9.17, 15) is 0 Å². The molecule has 30 heavy (non-hydrogen) atoms. The Balaban J connectivity index is 1.60. The van der Waals surface area contributed by atoms with Gasteiger partial charge in [0.25, 0.3) is 0 Å². The van der Waals surface area contributed by atoms with E-state index in [1.807, 2.05) is 67.1 Å². The van der Waals surface area contributed by atoms with Crippen LogP contribution in [0.2, 0.25) is 0 Å². The van der Waals surface area contributed by atoms with Crippen molar-refractivity contribution in [3.8, 4) is 5.82 Å². The first kappa shape index (κ1) is 18.4. The molecule has 1 fully saturated rings. The van der Waals surface area contributed by atoms with Crippen LogP contribution < -0.4 is 5.32 Å². The van der Waals surface area contributed by atoms with Crippen molar-refractivity contribution in [2.75, 3.05) is 0 Å². The number of pyridine rings is 3.